The first-order valence-corrected chi connectivity index (χ1v) is 6.86. The highest BCUT2D eigenvalue weighted by atomic mass is 35.5. The molecule has 0 spiro atoms. The van der Waals surface area contributed by atoms with E-state index in [0.29, 0.717) is 22.8 Å². The Balaban J connectivity index is 1.98. The Bertz CT molecular complexity index is 542. The summed E-state index contributed by atoms with van der Waals surface area (Å²) in [6.07, 6.45) is 1.30. The van der Waals surface area contributed by atoms with Crippen LogP contribution in [-0.4, -0.2) is 41.7 Å². The summed E-state index contributed by atoms with van der Waals surface area (Å²) in [5.74, 6) is -0.210. The molecule has 5 nitrogen and oxygen atoms in total. The predicted octanol–water partition coefficient (Wildman–Crippen LogP) is 1.61. The number of benzene rings is 1. The molecule has 1 aliphatic rings. The molecule has 2 N–H and O–H groups in total. The summed E-state index contributed by atoms with van der Waals surface area (Å²) in [6, 6.07) is 6.75. The summed E-state index contributed by atoms with van der Waals surface area (Å²) in [5, 5.41) is 21.7. The molecule has 0 bridgehead atoms. The number of piperidine rings is 1. The Labute approximate surface area is 122 Å². The van der Waals surface area contributed by atoms with Crippen molar-refractivity contribution in [2.75, 3.05) is 25.0 Å². The quantitative estimate of drug-likeness (QED) is 0.887. The van der Waals surface area contributed by atoms with Crippen molar-refractivity contribution >= 4 is 23.2 Å². The van der Waals surface area contributed by atoms with Gasteiger partial charge in [0.25, 0.3) is 0 Å². The lowest BCUT2D eigenvalue weighted by molar-refractivity contribution is -0.118. The average molecular weight is 294 g/mol. The standard InChI is InChI=1S/C14H16ClN3O2/c15-11-4-3-10(7-16)13(6-11)17-14(20)9-18-5-1-2-12(19)8-18/h3-4,6,12,19H,1-2,5,8-9H2,(H,17,20). The molecule has 1 saturated heterocycles. The van der Waals surface area contributed by atoms with Crippen LogP contribution in [0.3, 0.4) is 0 Å². The van der Waals surface area contributed by atoms with E-state index < -0.39 is 0 Å². The van der Waals surface area contributed by atoms with E-state index >= 15 is 0 Å². The molecule has 1 aromatic carbocycles. The summed E-state index contributed by atoms with van der Waals surface area (Å²) in [6.45, 7) is 1.51. The first-order chi connectivity index (χ1) is 9.58. The number of likely N-dealkylation sites (tertiary alicyclic amines) is 1. The second kappa shape index (κ2) is 6.71. The molecule has 1 fully saturated rings. The van der Waals surface area contributed by atoms with Gasteiger partial charge in [0.05, 0.1) is 23.9 Å². The van der Waals surface area contributed by atoms with Crippen LogP contribution in [0.25, 0.3) is 0 Å². The minimum Gasteiger partial charge on any atom is -0.392 e. The van der Waals surface area contributed by atoms with Crippen molar-refractivity contribution in [1.29, 1.82) is 5.26 Å². The zero-order valence-corrected chi connectivity index (χ0v) is 11.7. The molecule has 1 heterocycles. The van der Waals surface area contributed by atoms with Gasteiger partial charge in [-0.25, -0.2) is 0 Å². The maximum Gasteiger partial charge on any atom is 0.238 e. The molecule has 0 radical (unpaired) electrons. The molecule has 0 saturated carbocycles. The summed E-state index contributed by atoms with van der Waals surface area (Å²) in [4.78, 5) is 13.9. The lowest BCUT2D eigenvalue weighted by atomic mass is 10.1. The number of rotatable bonds is 3. The van der Waals surface area contributed by atoms with Crippen molar-refractivity contribution in [3.63, 3.8) is 0 Å². The lowest BCUT2D eigenvalue weighted by Gasteiger charge is -2.29. The van der Waals surface area contributed by atoms with Gasteiger partial charge in [0.15, 0.2) is 0 Å². The second-order valence-electron chi connectivity index (χ2n) is 4.88. The highest BCUT2D eigenvalue weighted by Gasteiger charge is 2.20. The number of anilines is 1. The summed E-state index contributed by atoms with van der Waals surface area (Å²) in [5.41, 5.74) is 0.795. The van der Waals surface area contributed by atoms with Gasteiger partial charge < -0.3 is 10.4 Å². The van der Waals surface area contributed by atoms with Crippen LogP contribution in [0.4, 0.5) is 5.69 Å². The molecule has 2 rings (SSSR count). The number of carbonyl (C=O) groups is 1. The maximum atomic E-state index is 12.0. The van der Waals surface area contributed by atoms with E-state index in [4.69, 9.17) is 16.9 Å². The summed E-state index contributed by atoms with van der Waals surface area (Å²) < 4.78 is 0. The Morgan fingerprint density at radius 3 is 3.10 bits per heavy atom. The largest absolute Gasteiger partial charge is 0.392 e. The second-order valence-corrected chi connectivity index (χ2v) is 5.32. The Morgan fingerprint density at radius 1 is 1.60 bits per heavy atom. The van der Waals surface area contributed by atoms with Crippen LogP contribution in [0.2, 0.25) is 5.02 Å². The van der Waals surface area contributed by atoms with Gasteiger partial charge >= 0.3 is 0 Å². The van der Waals surface area contributed by atoms with Gasteiger partial charge in [-0.1, -0.05) is 11.6 Å². The first kappa shape index (κ1) is 14.8. The van der Waals surface area contributed by atoms with Crippen molar-refractivity contribution in [1.82, 2.24) is 4.90 Å². The van der Waals surface area contributed by atoms with Crippen molar-refractivity contribution in [2.45, 2.75) is 18.9 Å². The summed E-state index contributed by atoms with van der Waals surface area (Å²) >= 11 is 5.86. The number of aliphatic hydroxyl groups is 1. The van der Waals surface area contributed by atoms with Crippen LogP contribution < -0.4 is 5.32 Å². The van der Waals surface area contributed by atoms with Crippen LogP contribution in [0.15, 0.2) is 18.2 Å². The molecule has 1 aliphatic heterocycles. The van der Waals surface area contributed by atoms with Crippen molar-refractivity contribution in [3.8, 4) is 6.07 Å². The van der Waals surface area contributed by atoms with Crippen LogP contribution >= 0.6 is 11.6 Å². The van der Waals surface area contributed by atoms with Crippen LogP contribution in [0, 0.1) is 11.3 Å². The summed E-state index contributed by atoms with van der Waals surface area (Å²) in [7, 11) is 0. The lowest BCUT2D eigenvalue weighted by Crippen LogP contribution is -2.42. The third kappa shape index (κ3) is 3.94. The Hall–Kier alpha value is -1.61. The maximum absolute atomic E-state index is 12.0. The molecule has 0 aliphatic carbocycles. The van der Waals surface area contributed by atoms with Crippen LogP contribution in [0.5, 0.6) is 0 Å². The number of halogens is 1. The smallest absolute Gasteiger partial charge is 0.238 e. The number of aliphatic hydroxyl groups excluding tert-OH is 1. The Kier molecular flexibility index (Phi) is 4.96. The van der Waals surface area contributed by atoms with Crippen molar-refractivity contribution in [2.24, 2.45) is 0 Å². The van der Waals surface area contributed by atoms with Gasteiger partial charge in [0.2, 0.25) is 5.91 Å². The molecule has 1 unspecified atom stereocenters. The molecule has 20 heavy (non-hydrogen) atoms. The van der Waals surface area contributed by atoms with Gasteiger partial charge in [-0.3, -0.25) is 9.69 Å². The monoisotopic (exact) mass is 293 g/mol. The van der Waals surface area contributed by atoms with Gasteiger partial charge in [0, 0.05) is 11.6 Å². The highest BCUT2D eigenvalue weighted by Crippen LogP contribution is 2.20. The number of amides is 1. The molecule has 1 amide bonds. The molecular weight excluding hydrogens is 278 g/mol. The van der Waals surface area contributed by atoms with Crippen molar-refractivity contribution < 1.29 is 9.90 Å². The van der Waals surface area contributed by atoms with Crippen LogP contribution in [0.1, 0.15) is 18.4 Å². The average Bonchev–Trinajstić information content (AvgIpc) is 2.38. The fraction of sp³-hybridized carbons (Fsp3) is 0.429. The molecule has 1 aromatic rings. The van der Waals surface area contributed by atoms with E-state index in [0.717, 1.165) is 19.4 Å². The van der Waals surface area contributed by atoms with E-state index in [2.05, 4.69) is 5.32 Å². The number of nitriles is 1. The van der Waals surface area contributed by atoms with E-state index in [1.165, 1.54) is 0 Å². The molecular formula is C14H16ClN3O2. The van der Waals surface area contributed by atoms with Gasteiger partial charge in [-0.15, -0.1) is 0 Å². The predicted molar refractivity (Wildman–Crippen MR) is 76.5 cm³/mol. The molecule has 1 atom stereocenters. The SMILES string of the molecule is N#Cc1ccc(Cl)cc1NC(=O)CN1CCCC(O)C1. The van der Waals surface area contributed by atoms with E-state index in [1.54, 1.807) is 18.2 Å². The molecule has 0 aromatic heterocycles. The number of nitrogens with zero attached hydrogens (tertiary/aromatic N) is 2. The zero-order chi connectivity index (χ0) is 14.5. The normalized spacial score (nSPS) is 19.4. The third-order valence-corrected chi connectivity index (χ3v) is 3.46. The number of carbonyl (C=O) groups excluding carboxylic acids is 1. The topological polar surface area (TPSA) is 76.4 Å². The minimum absolute atomic E-state index is 0.203. The molecule has 6 heteroatoms. The van der Waals surface area contributed by atoms with Crippen LogP contribution in [-0.2, 0) is 4.79 Å². The number of nitrogens with one attached hydrogen (secondary N) is 1. The number of β-amino-alcohol motifs (C(OH)–C–C–N with tert-alkyl or cyclic N) is 1. The number of hydrogen-bond acceptors (Lipinski definition) is 4. The highest BCUT2D eigenvalue weighted by molar-refractivity contribution is 6.31. The minimum atomic E-state index is -0.364. The van der Waals surface area contributed by atoms with Crippen molar-refractivity contribution in [3.05, 3.63) is 28.8 Å². The first-order valence-electron chi connectivity index (χ1n) is 6.48. The Morgan fingerprint density at radius 2 is 2.40 bits per heavy atom. The van der Waals surface area contributed by atoms with E-state index in [1.807, 2.05) is 11.0 Å². The molecule has 106 valence electrons. The van der Waals surface area contributed by atoms with Gasteiger partial charge in [-0.05, 0) is 37.6 Å². The number of hydrogen-bond donors (Lipinski definition) is 2. The van der Waals surface area contributed by atoms with E-state index in [-0.39, 0.29) is 18.6 Å². The fourth-order valence-electron chi connectivity index (χ4n) is 2.28. The van der Waals surface area contributed by atoms with Gasteiger partial charge in [-0.2, -0.15) is 5.26 Å². The zero-order valence-electron chi connectivity index (χ0n) is 11.0. The fourth-order valence-corrected chi connectivity index (χ4v) is 2.46. The van der Waals surface area contributed by atoms with E-state index in [9.17, 15) is 9.90 Å². The third-order valence-electron chi connectivity index (χ3n) is 3.22. The van der Waals surface area contributed by atoms with Gasteiger partial charge in [0.1, 0.15) is 6.07 Å².